The monoisotopic (exact) mass is 314 g/mol. The highest BCUT2D eigenvalue weighted by Gasteiger charge is 2.19. The van der Waals surface area contributed by atoms with Gasteiger partial charge in [-0.05, 0) is 18.7 Å². The summed E-state index contributed by atoms with van der Waals surface area (Å²) in [5.41, 5.74) is 6.46. The van der Waals surface area contributed by atoms with Gasteiger partial charge in [-0.2, -0.15) is 0 Å². The molecule has 1 saturated heterocycles. The van der Waals surface area contributed by atoms with Gasteiger partial charge < -0.3 is 15.2 Å². The summed E-state index contributed by atoms with van der Waals surface area (Å²) in [7, 11) is 0. The molecule has 2 N–H and O–H groups in total. The van der Waals surface area contributed by atoms with Crippen molar-refractivity contribution in [2.75, 3.05) is 38.6 Å². The van der Waals surface area contributed by atoms with E-state index in [9.17, 15) is 0 Å². The van der Waals surface area contributed by atoms with E-state index in [0.717, 1.165) is 36.5 Å². The van der Waals surface area contributed by atoms with Crippen LogP contribution in [-0.2, 0) is 4.74 Å². The van der Waals surface area contributed by atoms with Gasteiger partial charge in [-0.3, -0.25) is 4.90 Å². The summed E-state index contributed by atoms with van der Waals surface area (Å²) in [6.07, 6.45) is 0.138. The number of nitrogen functional groups attached to an aromatic ring is 1. The Morgan fingerprint density at radius 1 is 1.50 bits per heavy atom. The second-order valence-electron chi connectivity index (χ2n) is 4.42. The zero-order chi connectivity index (χ0) is 13.0. The molecule has 18 heavy (non-hydrogen) atoms. The van der Waals surface area contributed by atoms with Gasteiger partial charge in [0.25, 0.3) is 0 Å². The van der Waals surface area contributed by atoms with E-state index in [1.807, 2.05) is 18.2 Å². The third kappa shape index (κ3) is 3.86. The molecule has 1 aromatic carbocycles. The van der Waals surface area contributed by atoms with Crippen molar-refractivity contribution in [3.05, 3.63) is 22.7 Å². The number of nitrogens with zero attached hydrogens (tertiary/aromatic N) is 1. The Kier molecular flexibility index (Phi) is 4.86. The third-order valence-corrected chi connectivity index (χ3v) is 3.46. The van der Waals surface area contributed by atoms with Crippen LogP contribution in [0.3, 0.4) is 0 Å². The minimum absolute atomic E-state index is 0.138. The van der Waals surface area contributed by atoms with Gasteiger partial charge in [0.05, 0.1) is 6.61 Å². The number of halogens is 1. The van der Waals surface area contributed by atoms with Crippen molar-refractivity contribution >= 4 is 21.6 Å². The lowest BCUT2D eigenvalue weighted by atomic mass is 10.3. The lowest BCUT2D eigenvalue weighted by Crippen LogP contribution is -2.44. The molecule has 4 nitrogen and oxygen atoms in total. The van der Waals surface area contributed by atoms with Crippen molar-refractivity contribution in [1.82, 2.24) is 4.90 Å². The number of hydrogen-bond acceptors (Lipinski definition) is 4. The van der Waals surface area contributed by atoms with E-state index in [2.05, 4.69) is 27.8 Å². The number of anilines is 1. The average molecular weight is 315 g/mol. The first kappa shape index (κ1) is 13.6. The van der Waals surface area contributed by atoms with Crippen LogP contribution in [0.15, 0.2) is 22.7 Å². The van der Waals surface area contributed by atoms with Gasteiger partial charge in [0, 0.05) is 29.3 Å². The van der Waals surface area contributed by atoms with E-state index in [4.69, 9.17) is 15.2 Å². The van der Waals surface area contributed by atoms with Gasteiger partial charge in [-0.15, -0.1) is 0 Å². The van der Waals surface area contributed by atoms with Crippen LogP contribution in [0.2, 0.25) is 0 Å². The molecule has 2 rings (SSSR count). The van der Waals surface area contributed by atoms with Crippen LogP contribution < -0.4 is 10.5 Å². The van der Waals surface area contributed by atoms with Gasteiger partial charge in [0.1, 0.15) is 18.5 Å². The van der Waals surface area contributed by atoms with Gasteiger partial charge in [0.15, 0.2) is 0 Å². The topological polar surface area (TPSA) is 47.7 Å². The molecule has 1 atom stereocenters. The van der Waals surface area contributed by atoms with Gasteiger partial charge in [-0.1, -0.05) is 22.9 Å². The van der Waals surface area contributed by atoms with Crippen LogP contribution >= 0.6 is 15.9 Å². The highest BCUT2D eigenvalue weighted by atomic mass is 79.9. The number of rotatable bonds is 4. The van der Waals surface area contributed by atoms with E-state index < -0.39 is 0 Å². The van der Waals surface area contributed by atoms with Crippen LogP contribution in [0.5, 0.6) is 5.75 Å². The SMILES string of the molecule is CCN1CCOC(COc2cc(N)cc(Br)c2)C1. The van der Waals surface area contributed by atoms with Crippen molar-refractivity contribution in [3.8, 4) is 5.75 Å². The van der Waals surface area contributed by atoms with Gasteiger partial charge in [-0.25, -0.2) is 0 Å². The summed E-state index contributed by atoms with van der Waals surface area (Å²) < 4.78 is 12.3. The number of nitrogens with two attached hydrogens (primary N) is 1. The lowest BCUT2D eigenvalue weighted by molar-refractivity contribution is -0.0464. The maximum absolute atomic E-state index is 5.76. The summed E-state index contributed by atoms with van der Waals surface area (Å²) >= 11 is 3.40. The van der Waals surface area contributed by atoms with Crippen molar-refractivity contribution in [3.63, 3.8) is 0 Å². The molecule has 1 aliphatic heterocycles. The fraction of sp³-hybridized carbons (Fsp3) is 0.538. The fourth-order valence-electron chi connectivity index (χ4n) is 2.03. The largest absolute Gasteiger partial charge is 0.491 e. The molecule has 0 spiro atoms. The summed E-state index contributed by atoms with van der Waals surface area (Å²) in [6, 6.07) is 5.59. The second kappa shape index (κ2) is 6.41. The van der Waals surface area contributed by atoms with Crippen molar-refractivity contribution < 1.29 is 9.47 Å². The molecular formula is C13H19BrN2O2. The molecule has 1 heterocycles. The first-order valence-electron chi connectivity index (χ1n) is 6.20. The minimum Gasteiger partial charge on any atom is -0.491 e. The van der Waals surface area contributed by atoms with Crippen LogP contribution in [0, 0.1) is 0 Å². The number of ether oxygens (including phenoxy) is 2. The Morgan fingerprint density at radius 3 is 3.06 bits per heavy atom. The van der Waals surface area contributed by atoms with Crippen LogP contribution in [0.4, 0.5) is 5.69 Å². The predicted molar refractivity (Wildman–Crippen MR) is 75.9 cm³/mol. The Bertz CT molecular complexity index is 380. The normalized spacial score (nSPS) is 20.9. The molecule has 1 fully saturated rings. The number of likely N-dealkylation sites (N-methyl/N-ethyl adjacent to an activating group) is 1. The summed E-state index contributed by atoms with van der Waals surface area (Å²) in [6.45, 7) is 6.51. The predicted octanol–water partition coefficient (Wildman–Crippen LogP) is 2.13. The third-order valence-electron chi connectivity index (χ3n) is 3.00. The molecule has 1 aromatic rings. The minimum atomic E-state index is 0.138. The Morgan fingerprint density at radius 2 is 2.33 bits per heavy atom. The van der Waals surface area contributed by atoms with Crippen molar-refractivity contribution in [2.24, 2.45) is 0 Å². The van der Waals surface area contributed by atoms with Crippen molar-refractivity contribution in [2.45, 2.75) is 13.0 Å². The Labute approximate surface area is 116 Å². The average Bonchev–Trinajstić information content (AvgIpc) is 2.35. The molecule has 1 unspecified atom stereocenters. The standard InChI is InChI=1S/C13H19BrN2O2/c1-2-16-3-4-17-13(8-16)9-18-12-6-10(14)5-11(15)7-12/h5-7,13H,2-4,8-9,15H2,1H3. The molecule has 0 aliphatic carbocycles. The van der Waals surface area contributed by atoms with Gasteiger partial charge >= 0.3 is 0 Å². The Balaban J connectivity index is 1.87. The molecule has 0 saturated carbocycles. The van der Waals surface area contributed by atoms with Gasteiger partial charge in [0.2, 0.25) is 0 Å². The van der Waals surface area contributed by atoms with E-state index in [1.54, 1.807) is 0 Å². The van der Waals surface area contributed by atoms with E-state index in [0.29, 0.717) is 12.3 Å². The first-order chi connectivity index (χ1) is 8.67. The highest BCUT2D eigenvalue weighted by molar-refractivity contribution is 9.10. The number of morpholine rings is 1. The maximum Gasteiger partial charge on any atom is 0.122 e. The van der Waals surface area contributed by atoms with Crippen LogP contribution in [0.1, 0.15) is 6.92 Å². The first-order valence-corrected chi connectivity index (χ1v) is 6.99. The summed E-state index contributed by atoms with van der Waals surface area (Å²) in [5.74, 6) is 0.777. The molecule has 0 amide bonds. The molecule has 100 valence electrons. The number of benzene rings is 1. The lowest BCUT2D eigenvalue weighted by Gasteiger charge is -2.31. The zero-order valence-electron chi connectivity index (χ0n) is 10.6. The molecule has 0 aromatic heterocycles. The molecule has 1 aliphatic rings. The maximum atomic E-state index is 5.76. The molecule has 5 heteroatoms. The highest BCUT2D eigenvalue weighted by Crippen LogP contribution is 2.23. The zero-order valence-corrected chi connectivity index (χ0v) is 12.1. The Hall–Kier alpha value is -0.780. The van der Waals surface area contributed by atoms with E-state index in [-0.39, 0.29) is 6.10 Å². The smallest absolute Gasteiger partial charge is 0.122 e. The van der Waals surface area contributed by atoms with Crippen molar-refractivity contribution in [1.29, 1.82) is 0 Å². The molecule has 0 radical (unpaired) electrons. The summed E-state index contributed by atoms with van der Waals surface area (Å²) in [5, 5.41) is 0. The number of hydrogen-bond donors (Lipinski definition) is 1. The van der Waals surface area contributed by atoms with Crippen LogP contribution in [-0.4, -0.2) is 43.9 Å². The fourth-order valence-corrected chi connectivity index (χ4v) is 2.52. The quantitative estimate of drug-likeness (QED) is 0.865. The molecule has 0 bridgehead atoms. The second-order valence-corrected chi connectivity index (χ2v) is 5.33. The summed E-state index contributed by atoms with van der Waals surface area (Å²) in [4.78, 5) is 2.37. The molecular weight excluding hydrogens is 296 g/mol. The van der Waals surface area contributed by atoms with E-state index in [1.165, 1.54) is 0 Å². The van der Waals surface area contributed by atoms with Crippen LogP contribution in [0.25, 0.3) is 0 Å². The van der Waals surface area contributed by atoms with E-state index >= 15 is 0 Å².